The maximum Gasteiger partial charge on any atom is 0.135 e. The van der Waals surface area contributed by atoms with Gasteiger partial charge in [0.2, 0.25) is 0 Å². The van der Waals surface area contributed by atoms with E-state index in [-0.39, 0.29) is 5.41 Å². The van der Waals surface area contributed by atoms with Gasteiger partial charge in [-0.15, -0.1) is 0 Å². The largest absolute Gasteiger partial charge is 0.299 e. The molecule has 0 N–H and O–H groups in total. The molecular weight excluding hydrogens is 196 g/mol. The molecule has 16 heavy (non-hydrogen) atoms. The van der Waals surface area contributed by atoms with Crippen LogP contribution in [0.2, 0.25) is 0 Å². The smallest absolute Gasteiger partial charge is 0.135 e. The average molecular weight is 222 g/mol. The van der Waals surface area contributed by atoms with Crippen LogP contribution in [0.3, 0.4) is 0 Å². The van der Waals surface area contributed by atoms with Gasteiger partial charge in [0.1, 0.15) is 5.78 Å². The molecule has 0 amide bonds. The first-order chi connectivity index (χ1) is 7.56. The highest BCUT2D eigenvalue weighted by atomic mass is 16.1. The topological polar surface area (TPSA) is 17.1 Å². The zero-order valence-corrected chi connectivity index (χ0v) is 11.0. The van der Waals surface area contributed by atoms with E-state index in [1.165, 1.54) is 57.8 Å². The molecule has 1 unspecified atom stereocenters. The van der Waals surface area contributed by atoms with Crippen molar-refractivity contribution in [3.8, 4) is 0 Å². The van der Waals surface area contributed by atoms with Crippen molar-refractivity contribution >= 4 is 5.78 Å². The number of Topliss-reactive ketones (excluding diaryl/α,β-unsaturated/α-hetero) is 1. The highest BCUT2D eigenvalue weighted by Gasteiger charge is 2.47. The van der Waals surface area contributed by atoms with E-state index in [0.717, 1.165) is 6.42 Å². The van der Waals surface area contributed by atoms with Crippen molar-refractivity contribution in [2.45, 2.75) is 78.1 Å². The molecule has 1 nitrogen and oxygen atoms in total. The van der Waals surface area contributed by atoms with E-state index in [9.17, 15) is 4.79 Å². The Bertz CT molecular complexity index is 261. The monoisotopic (exact) mass is 222 g/mol. The molecule has 2 fully saturated rings. The Labute approximate surface area is 100.0 Å². The summed E-state index contributed by atoms with van der Waals surface area (Å²) in [7, 11) is 0. The van der Waals surface area contributed by atoms with Crippen LogP contribution in [0.4, 0.5) is 0 Å². The normalized spacial score (nSPS) is 34.6. The predicted molar refractivity (Wildman–Crippen MR) is 67.4 cm³/mol. The molecule has 1 heteroatoms. The van der Waals surface area contributed by atoms with Gasteiger partial charge in [0.25, 0.3) is 0 Å². The third-order valence-electron chi connectivity index (χ3n) is 5.24. The summed E-state index contributed by atoms with van der Waals surface area (Å²) in [6.45, 7) is 3.99. The number of ketones is 1. The Morgan fingerprint density at radius 2 is 1.44 bits per heavy atom. The van der Waals surface area contributed by atoms with Crippen LogP contribution in [-0.4, -0.2) is 5.78 Å². The number of carbonyl (C=O) groups excluding carboxylic acids is 1. The molecule has 0 aromatic rings. The maximum absolute atomic E-state index is 11.7. The zero-order chi connectivity index (χ0) is 11.6. The Balaban J connectivity index is 2.05. The van der Waals surface area contributed by atoms with E-state index in [0.29, 0.717) is 11.2 Å². The van der Waals surface area contributed by atoms with E-state index in [1.54, 1.807) is 6.92 Å². The molecule has 0 radical (unpaired) electrons. The zero-order valence-electron chi connectivity index (χ0n) is 11.0. The minimum Gasteiger partial charge on any atom is -0.299 e. The Hall–Kier alpha value is -0.330. The SMILES string of the molecule is CC(=O)C1(C)CCC2(CCCCCCC2)C1. The highest BCUT2D eigenvalue weighted by Crippen LogP contribution is 2.55. The lowest BCUT2D eigenvalue weighted by atomic mass is 9.72. The Kier molecular flexibility index (Phi) is 3.42. The molecule has 2 rings (SSSR count). The van der Waals surface area contributed by atoms with Crippen LogP contribution in [0, 0.1) is 10.8 Å². The Morgan fingerprint density at radius 1 is 0.875 bits per heavy atom. The molecular formula is C15H26O. The summed E-state index contributed by atoms with van der Waals surface area (Å²) >= 11 is 0. The van der Waals surface area contributed by atoms with Gasteiger partial charge in [0.15, 0.2) is 0 Å². The van der Waals surface area contributed by atoms with Crippen molar-refractivity contribution in [2.24, 2.45) is 10.8 Å². The fourth-order valence-electron chi connectivity index (χ4n) is 3.93. The lowest BCUT2D eigenvalue weighted by Gasteiger charge is -2.33. The second-order valence-corrected chi connectivity index (χ2v) is 6.56. The van der Waals surface area contributed by atoms with Crippen molar-refractivity contribution in [3.63, 3.8) is 0 Å². The summed E-state index contributed by atoms with van der Waals surface area (Å²) in [4.78, 5) is 11.7. The quantitative estimate of drug-likeness (QED) is 0.638. The first kappa shape index (κ1) is 12.1. The molecule has 1 atom stereocenters. The summed E-state index contributed by atoms with van der Waals surface area (Å²) in [5.74, 6) is 0.423. The van der Waals surface area contributed by atoms with Crippen molar-refractivity contribution in [1.82, 2.24) is 0 Å². The molecule has 0 heterocycles. The number of rotatable bonds is 1. The first-order valence-corrected chi connectivity index (χ1v) is 7.08. The van der Waals surface area contributed by atoms with Crippen LogP contribution < -0.4 is 0 Å². The van der Waals surface area contributed by atoms with Crippen LogP contribution in [0.25, 0.3) is 0 Å². The summed E-state index contributed by atoms with van der Waals surface area (Å²) in [5, 5.41) is 0. The van der Waals surface area contributed by atoms with E-state index < -0.39 is 0 Å². The lowest BCUT2D eigenvalue weighted by molar-refractivity contribution is -0.125. The predicted octanol–water partition coefficient (Wildman–Crippen LogP) is 4.50. The van der Waals surface area contributed by atoms with E-state index in [1.807, 2.05) is 0 Å². The van der Waals surface area contributed by atoms with Crippen LogP contribution in [0.1, 0.15) is 78.1 Å². The van der Waals surface area contributed by atoms with Crippen LogP contribution in [0.15, 0.2) is 0 Å². The third kappa shape index (κ3) is 2.33. The maximum atomic E-state index is 11.7. The molecule has 2 saturated carbocycles. The fourth-order valence-corrected chi connectivity index (χ4v) is 3.93. The van der Waals surface area contributed by atoms with Crippen LogP contribution in [0.5, 0.6) is 0 Å². The number of hydrogen-bond donors (Lipinski definition) is 0. The van der Waals surface area contributed by atoms with Gasteiger partial charge in [-0.3, -0.25) is 4.79 Å². The van der Waals surface area contributed by atoms with Gasteiger partial charge in [-0.25, -0.2) is 0 Å². The second-order valence-electron chi connectivity index (χ2n) is 6.56. The molecule has 0 saturated heterocycles. The minimum absolute atomic E-state index is 0.0131. The van der Waals surface area contributed by atoms with E-state index in [2.05, 4.69) is 6.92 Å². The van der Waals surface area contributed by atoms with Gasteiger partial charge in [0, 0.05) is 5.41 Å². The van der Waals surface area contributed by atoms with E-state index in [4.69, 9.17) is 0 Å². The summed E-state index contributed by atoms with van der Waals surface area (Å²) < 4.78 is 0. The van der Waals surface area contributed by atoms with Gasteiger partial charge in [-0.1, -0.05) is 39.0 Å². The van der Waals surface area contributed by atoms with Crippen molar-refractivity contribution in [3.05, 3.63) is 0 Å². The fraction of sp³-hybridized carbons (Fsp3) is 0.933. The first-order valence-electron chi connectivity index (χ1n) is 7.08. The lowest BCUT2D eigenvalue weighted by Crippen LogP contribution is -2.26. The van der Waals surface area contributed by atoms with Crippen LogP contribution >= 0.6 is 0 Å². The second kappa shape index (κ2) is 4.50. The van der Waals surface area contributed by atoms with Gasteiger partial charge in [-0.2, -0.15) is 0 Å². The molecule has 0 aromatic heterocycles. The van der Waals surface area contributed by atoms with Gasteiger partial charge in [-0.05, 0) is 44.4 Å². The Morgan fingerprint density at radius 3 is 1.94 bits per heavy atom. The molecule has 1 spiro atoms. The van der Waals surface area contributed by atoms with Gasteiger partial charge >= 0.3 is 0 Å². The van der Waals surface area contributed by atoms with Crippen LogP contribution in [-0.2, 0) is 4.79 Å². The van der Waals surface area contributed by atoms with E-state index >= 15 is 0 Å². The molecule has 92 valence electrons. The van der Waals surface area contributed by atoms with Gasteiger partial charge < -0.3 is 0 Å². The van der Waals surface area contributed by atoms with Crippen molar-refractivity contribution in [2.75, 3.05) is 0 Å². The molecule has 0 aromatic carbocycles. The molecule has 2 aliphatic rings. The molecule has 0 bridgehead atoms. The highest BCUT2D eigenvalue weighted by molar-refractivity contribution is 5.82. The van der Waals surface area contributed by atoms with Crippen molar-refractivity contribution in [1.29, 1.82) is 0 Å². The number of carbonyl (C=O) groups is 1. The van der Waals surface area contributed by atoms with Crippen molar-refractivity contribution < 1.29 is 4.79 Å². The molecule has 0 aliphatic heterocycles. The summed E-state index contributed by atoms with van der Waals surface area (Å²) in [6.07, 6.45) is 13.4. The number of hydrogen-bond acceptors (Lipinski definition) is 1. The van der Waals surface area contributed by atoms with Gasteiger partial charge in [0.05, 0.1) is 0 Å². The third-order valence-corrected chi connectivity index (χ3v) is 5.24. The minimum atomic E-state index is 0.0131. The summed E-state index contributed by atoms with van der Waals surface area (Å²) in [5.41, 5.74) is 0.556. The average Bonchev–Trinajstić information content (AvgIpc) is 2.54. The standard InChI is InChI=1S/C15H26O/c1-13(16)14(2)10-11-15(12-14)8-6-4-3-5-7-9-15/h3-12H2,1-2H3. The summed E-state index contributed by atoms with van der Waals surface area (Å²) in [6, 6.07) is 0. The molecule has 2 aliphatic carbocycles.